The molecule has 0 amide bonds. The predicted octanol–water partition coefficient (Wildman–Crippen LogP) is 2.61. The Morgan fingerprint density at radius 1 is 1.47 bits per heavy atom. The predicted molar refractivity (Wildman–Crippen MR) is 71.5 cm³/mol. The molecule has 17 heavy (non-hydrogen) atoms. The van der Waals surface area contributed by atoms with Crippen LogP contribution in [-0.2, 0) is 12.8 Å². The molecule has 2 heterocycles. The highest BCUT2D eigenvalue weighted by atomic mass is 35.5. The normalized spacial score (nSPS) is 12.6. The number of aromatic nitrogens is 2. The Bertz CT molecular complexity index is 498. The first-order valence-corrected chi connectivity index (χ1v) is 6.66. The van der Waals surface area contributed by atoms with Crippen LogP contribution in [0.25, 0.3) is 0 Å². The van der Waals surface area contributed by atoms with Gasteiger partial charge in [0.1, 0.15) is 0 Å². The number of pyridine rings is 1. The summed E-state index contributed by atoms with van der Waals surface area (Å²) in [5.74, 6) is 0. The maximum absolute atomic E-state index is 6.10. The summed E-state index contributed by atoms with van der Waals surface area (Å²) >= 11 is 7.70. The second kappa shape index (κ2) is 5.58. The van der Waals surface area contributed by atoms with Crippen molar-refractivity contribution in [3.8, 4) is 0 Å². The molecule has 2 aromatic heterocycles. The molecule has 0 spiro atoms. The number of rotatable bonds is 4. The first-order chi connectivity index (χ1) is 8.15. The van der Waals surface area contributed by atoms with Crippen LogP contribution >= 0.6 is 22.9 Å². The molecule has 0 saturated heterocycles. The van der Waals surface area contributed by atoms with Gasteiger partial charge >= 0.3 is 0 Å². The third kappa shape index (κ3) is 3.49. The molecule has 0 aliphatic rings. The van der Waals surface area contributed by atoms with E-state index < -0.39 is 0 Å². The van der Waals surface area contributed by atoms with Crippen LogP contribution in [-0.4, -0.2) is 16.0 Å². The molecular formula is C12H14ClN3S. The number of thiazole rings is 1. The Hall–Kier alpha value is -0.970. The second-order valence-corrected chi connectivity index (χ2v) is 5.37. The van der Waals surface area contributed by atoms with E-state index >= 15 is 0 Å². The number of hydrogen-bond acceptors (Lipinski definition) is 4. The van der Waals surface area contributed by atoms with Crippen LogP contribution in [0.5, 0.6) is 0 Å². The maximum Gasteiger partial charge on any atom is 0.0943 e. The zero-order chi connectivity index (χ0) is 12.3. The Morgan fingerprint density at radius 2 is 2.29 bits per heavy atom. The molecule has 0 bridgehead atoms. The molecule has 5 heteroatoms. The van der Waals surface area contributed by atoms with Crippen LogP contribution < -0.4 is 5.73 Å². The van der Waals surface area contributed by atoms with Gasteiger partial charge in [-0.3, -0.25) is 4.98 Å². The number of halogens is 1. The molecule has 2 N–H and O–H groups in total. The monoisotopic (exact) mass is 267 g/mol. The van der Waals surface area contributed by atoms with Crippen LogP contribution in [0.2, 0.25) is 5.02 Å². The van der Waals surface area contributed by atoms with E-state index in [1.54, 1.807) is 23.7 Å². The molecule has 1 atom stereocenters. The fourth-order valence-corrected chi connectivity index (χ4v) is 2.71. The Labute approximate surface area is 110 Å². The van der Waals surface area contributed by atoms with E-state index in [-0.39, 0.29) is 6.04 Å². The third-order valence-electron chi connectivity index (χ3n) is 2.44. The maximum atomic E-state index is 6.10. The van der Waals surface area contributed by atoms with Crippen LogP contribution in [0.3, 0.4) is 0 Å². The summed E-state index contributed by atoms with van der Waals surface area (Å²) in [5, 5.41) is 3.81. The molecule has 90 valence electrons. The number of nitrogens with zero attached hydrogens (tertiary/aromatic N) is 2. The zero-order valence-corrected chi connectivity index (χ0v) is 11.1. The quantitative estimate of drug-likeness (QED) is 0.926. The van der Waals surface area contributed by atoms with Gasteiger partial charge in [-0.05, 0) is 25.0 Å². The highest BCUT2D eigenvalue weighted by Crippen LogP contribution is 2.17. The first-order valence-electron chi connectivity index (χ1n) is 5.40. The van der Waals surface area contributed by atoms with Crippen molar-refractivity contribution in [3.63, 3.8) is 0 Å². The van der Waals surface area contributed by atoms with Gasteiger partial charge in [0.2, 0.25) is 0 Å². The lowest BCUT2D eigenvalue weighted by Gasteiger charge is -2.10. The standard InChI is InChI=1S/C12H14ClN3S/c1-8-7-17-12(16-8)5-10(14)4-9-2-3-15-6-11(9)13/h2-3,6-7,10H,4-5,14H2,1H3. The van der Waals surface area contributed by atoms with Crippen molar-refractivity contribution in [2.75, 3.05) is 0 Å². The summed E-state index contributed by atoms with van der Waals surface area (Å²) < 4.78 is 0. The van der Waals surface area contributed by atoms with E-state index in [9.17, 15) is 0 Å². The molecule has 0 aliphatic carbocycles. The van der Waals surface area contributed by atoms with Crippen molar-refractivity contribution in [3.05, 3.63) is 45.1 Å². The summed E-state index contributed by atoms with van der Waals surface area (Å²) in [4.78, 5) is 8.36. The molecule has 0 fully saturated rings. The van der Waals surface area contributed by atoms with E-state index in [4.69, 9.17) is 17.3 Å². The summed E-state index contributed by atoms with van der Waals surface area (Å²) in [7, 11) is 0. The van der Waals surface area contributed by atoms with Crippen LogP contribution in [0.1, 0.15) is 16.3 Å². The largest absolute Gasteiger partial charge is 0.327 e. The van der Waals surface area contributed by atoms with E-state index in [0.717, 1.165) is 29.1 Å². The fraction of sp³-hybridized carbons (Fsp3) is 0.333. The van der Waals surface area contributed by atoms with E-state index in [2.05, 4.69) is 9.97 Å². The lowest BCUT2D eigenvalue weighted by molar-refractivity contribution is 0.661. The molecule has 3 nitrogen and oxygen atoms in total. The third-order valence-corrected chi connectivity index (χ3v) is 3.77. The van der Waals surface area contributed by atoms with E-state index in [1.165, 1.54) is 0 Å². The van der Waals surface area contributed by atoms with Gasteiger partial charge in [0, 0.05) is 35.9 Å². The van der Waals surface area contributed by atoms with Crippen molar-refractivity contribution >= 4 is 22.9 Å². The minimum absolute atomic E-state index is 0.0421. The summed E-state index contributed by atoms with van der Waals surface area (Å²) in [6.07, 6.45) is 4.93. The van der Waals surface area contributed by atoms with Gasteiger partial charge in [0.05, 0.1) is 10.0 Å². The van der Waals surface area contributed by atoms with Crippen LogP contribution in [0.15, 0.2) is 23.8 Å². The van der Waals surface area contributed by atoms with Gasteiger partial charge in [0.25, 0.3) is 0 Å². The Balaban J connectivity index is 1.98. The lowest BCUT2D eigenvalue weighted by Crippen LogP contribution is -2.25. The SMILES string of the molecule is Cc1csc(CC(N)Cc2ccncc2Cl)n1. The molecule has 0 aromatic carbocycles. The number of hydrogen-bond donors (Lipinski definition) is 1. The van der Waals surface area contributed by atoms with Crippen molar-refractivity contribution in [1.29, 1.82) is 0 Å². The Kier molecular flexibility index (Phi) is 4.10. The molecule has 2 rings (SSSR count). The van der Waals surface area contributed by atoms with Gasteiger partial charge in [-0.15, -0.1) is 11.3 Å². The van der Waals surface area contributed by atoms with Crippen LogP contribution in [0.4, 0.5) is 0 Å². The van der Waals surface area contributed by atoms with Crippen molar-refractivity contribution < 1.29 is 0 Å². The highest BCUT2D eigenvalue weighted by Gasteiger charge is 2.10. The smallest absolute Gasteiger partial charge is 0.0943 e. The number of aryl methyl sites for hydroxylation is 1. The molecule has 2 aromatic rings. The Morgan fingerprint density at radius 3 is 2.94 bits per heavy atom. The minimum atomic E-state index is 0.0421. The lowest BCUT2D eigenvalue weighted by atomic mass is 10.1. The summed E-state index contributed by atoms with van der Waals surface area (Å²) in [6.45, 7) is 1.99. The minimum Gasteiger partial charge on any atom is -0.327 e. The van der Waals surface area contributed by atoms with Gasteiger partial charge in [0.15, 0.2) is 0 Å². The summed E-state index contributed by atoms with van der Waals surface area (Å²) in [6, 6.07) is 1.95. The molecule has 1 unspecified atom stereocenters. The average Bonchev–Trinajstić information content (AvgIpc) is 2.67. The number of nitrogens with two attached hydrogens (primary N) is 1. The highest BCUT2D eigenvalue weighted by molar-refractivity contribution is 7.09. The van der Waals surface area contributed by atoms with Crippen LogP contribution in [0, 0.1) is 6.92 Å². The second-order valence-electron chi connectivity index (χ2n) is 4.02. The molecule has 0 radical (unpaired) electrons. The zero-order valence-electron chi connectivity index (χ0n) is 9.56. The average molecular weight is 268 g/mol. The van der Waals surface area contributed by atoms with E-state index in [1.807, 2.05) is 18.4 Å². The van der Waals surface area contributed by atoms with E-state index in [0.29, 0.717) is 5.02 Å². The van der Waals surface area contributed by atoms with Crippen molar-refractivity contribution in [1.82, 2.24) is 9.97 Å². The van der Waals surface area contributed by atoms with Gasteiger partial charge < -0.3 is 5.73 Å². The summed E-state index contributed by atoms with van der Waals surface area (Å²) in [5.41, 5.74) is 8.20. The fourth-order valence-electron chi connectivity index (χ4n) is 1.64. The topological polar surface area (TPSA) is 51.8 Å². The molecular weight excluding hydrogens is 254 g/mol. The first kappa shape index (κ1) is 12.5. The van der Waals surface area contributed by atoms with Crippen molar-refractivity contribution in [2.45, 2.75) is 25.8 Å². The van der Waals surface area contributed by atoms with Gasteiger partial charge in [-0.2, -0.15) is 0 Å². The van der Waals surface area contributed by atoms with Gasteiger partial charge in [-0.25, -0.2) is 4.98 Å². The molecule has 0 saturated carbocycles. The van der Waals surface area contributed by atoms with Gasteiger partial charge in [-0.1, -0.05) is 11.6 Å². The molecule has 0 aliphatic heterocycles. The van der Waals surface area contributed by atoms with Crippen molar-refractivity contribution in [2.24, 2.45) is 5.73 Å².